The van der Waals surface area contributed by atoms with Crippen molar-refractivity contribution < 1.29 is 9.47 Å². The summed E-state index contributed by atoms with van der Waals surface area (Å²) in [7, 11) is 1.57. The molecule has 7 heteroatoms. The average Bonchev–Trinajstić information content (AvgIpc) is 2.42. The van der Waals surface area contributed by atoms with E-state index in [9.17, 15) is 0 Å². The summed E-state index contributed by atoms with van der Waals surface area (Å²) in [5.41, 5.74) is 3.38. The van der Waals surface area contributed by atoms with Crippen molar-refractivity contribution >= 4 is 17.4 Å². The summed E-state index contributed by atoms with van der Waals surface area (Å²) in [6.45, 7) is 2.17. The van der Waals surface area contributed by atoms with Crippen LogP contribution in [0.4, 0.5) is 5.82 Å². The molecule has 0 amide bonds. The standard InChI is InChI=1S/C13H15ClN4O2/c1-8-5-9(14)3-4-10(8)20-13-6-11(18-15)16-12(17-13)7-19-2/h3-6H,7,15H2,1-2H3,(H,16,17,18). The Hall–Kier alpha value is -1.89. The third kappa shape index (κ3) is 3.57. The van der Waals surface area contributed by atoms with E-state index in [1.807, 2.05) is 13.0 Å². The van der Waals surface area contributed by atoms with E-state index in [2.05, 4.69) is 15.4 Å². The minimum Gasteiger partial charge on any atom is -0.439 e. The zero-order valence-electron chi connectivity index (χ0n) is 11.2. The van der Waals surface area contributed by atoms with Crippen molar-refractivity contribution in [2.24, 2.45) is 5.84 Å². The minimum absolute atomic E-state index is 0.269. The lowest BCUT2D eigenvalue weighted by Gasteiger charge is -2.10. The molecule has 0 aliphatic carbocycles. The van der Waals surface area contributed by atoms with Crippen molar-refractivity contribution in [1.29, 1.82) is 0 Å². The van der Waals surface area contributed by atoms with Crippen LogP contribution in [-0.4, -0.2) is 17.1 Å². The molecule has 0 saturated heterocycles. The lowest BCUT2D eigenvalue weighted by molar-refractivity contribution is 0.177. The molecule has 6 nitrogen and oxygen atoms in total. The van der Waals surface area contributed by atoms with Gasteiger partial charge in [-0.3, -0.25) is 0 Å². The largest absolute Gasteiger partial charge is 0.439 e. The first-order valence-corrected chi connectivity index (χ1v) is 6.27. The maximum atomic E-state index is 5.91. The van der Waals surface area contributed by atoms with Gasteiger partial charge >= 0.3 is 0 Å². The van der Waals surface area contributed by atoms with Crippen LogP contribution in [0.2, 0.25) is 5.02 Å². The summed E-state index contributed by atoms with van der Waals surface area (Å²) in [4.78, 5) is 8.39. The molecule has 0 radical (unpaired) electrons. The molecule has 0 unspecified atom stereocenters. The van der Waals surface area contributed by atoms with Crippen molar-refractivity contribution in [3.05, 3.63) is 40.7 Å². The molecular formula is C13H15ClN4O2. The first kappa shape index (κ1) is 14.5. The highest BCUT2D eigenvalue weighted by molar-refractivity contribution is 6.30. The fourth-order valence-corrected chi connectivity index (χ4v) is 1.86. The average molecular weight is 295 g/mol. The summed E-state index contributed by atoms with van der Waals surface area (Å²) >= 11 is 5.91. The van der Waals surface area contributed by atoms with Crippen LogP contribution in [0.25, 0.3) is 0 Å². The second-order valence-corrected chi connectivity index (χ2v) is 4.53. The predicted octanol–water partition coefficient (Wildman–Crippen LogP) is 2.66. The highest BCUT2D eigenvalue weighted by Gasteiger charge is 2.08. The molecule has 0 fully saturated rings. The van der Waals surface area contributed by atoms with Crippen molar-refractivity contribution in [3.8, 4) is 11.6 Å². The molecule has 3 N–H and O–H groups in total. The number of halogens is 1. The van der Waals surface area contributed by atoms with Gasteiger partial charge in [-0.25, -0.2) is 10.8 Å². The Morgan fingerprint density at radius 3 is 2.75 bits per heavy atom. The maximum absolute atomic E-state index is 5.91. The Labute approximate surface area is 121 Å². The lowest BCUT2D eigenvalue weighted by Crippen LogP contribution is -2.11. The molecule has 106 valence electrons. The number of nitrogens with two attached hydrogens (primary N) is 1. The topological polar surface area (TPSA) is 82.3 Å². The van der Waals surface area contributed by atoms with Gasteiger partial charge in [-0.05, 0) is 30.7 Å². The third-order valence-corrected chi connectivity index (χ3v) is 2.76. The van der Waals surface area contributed by atoms with E-state index in [0.717, 1.165) is 5.56 Å². The molecule has 0 saturated carbocycles. The fraction of sp³-hybridized carbons (Fsp3) is 0.231. The molecule has 0 aliphatic heterocycles. The van der Waals surface area contributed by atoms with E-state index in [0.29, 0.717) is 28.3 Å². The van der Waals surface area contributed by atoms with Crippen molar-refractivity contribution in [2.45, 2.75) is 13.5 Å². The Balaban J connectivity index is 2.29. The molecule has 2 aromatic rings. The van der Waals surface area contributed by atoms with Gasteiger partial charge in [-0.15, -0.1) is 0 Å². The first-order valence-electron chi connectivity index (χ1n) is 5.90. The van der Waals surface area contributed by atoms with E-state index in [-0.39, 0.29) is 6.61 Å². The summed E-state index contributed by atoms with van der Waals surface area (Å²) in [6.07, 6.45) is 0. The number of rotatable bonds is 5. The monoisotopic (exact) mass is 294 g/mol. The highest BCUT2D eigenvalue weighted by Crippen LogP contribution is 2.27. The van der Waals surface area contributed by atoms with E-state index < -0.39 is 0 Å². The molecule has 1 aromatic heterocycles. The Kier molecular flexibility index (Phi) is 4.73. The highest BCUT2D eigenvalue weighted by atomic mass is 35.5. The van der Waals surface area contributed by atoms with Crippen molar-refractivity contribution in [1.82, 2.24) is 9.97 Å². The van der Waals surface area contributed by atoms with Gasteiger partial charge < -0.3 is 14.9 Å². The molecule has 0 spiro atoms. The number of methoxy groups -OCH3 is 1. The van der Waals surface area contributed by atoms with Crippen LogP contribution < -0.4 is 16.0 Å². The first-order chi connectivity index (χ1) is 9.62. The molecule has 2 rings (SSSR count). The number of anilines is 1. The van der Waals surface area contributed by atoms with Crippen LogP contribution in [0, 0.1) is 6.92 Å². The van der Waals surface area contributed by atoms with Crippen LogP contribution in [0.3, 0.4) is 0 Å². The Morgan fingerprint density at radius 1 is 1.30 bits per heavy atom. The zero-order chi connectivity index (χ0) is 14.5. The number of hydrogen-bond acceptors (Lipinski definition) is 6. The van der Waals surface area contributed by atoms with Crippen LogP contribution >= 0.6 is 11.6 Å². The van der Waals surface area contributed by atoms with Gasteiger partial charge in [0.15, 0.2) is 5.82 Å². The zero-order valence-corrected chi connectivity index (χ0v) is 11.9. The Bertz CT molecular complexity index is 607. The molecule has 0 atom stereocenters. The van der Waals surface area contributed by atoms with Gasteiger partial charge in [0, 0.05) is 18.2 Å². The van der Waals surface area contributed by atoms with E-state index >= 15 is 0 Å². The SMILES string of the molecule is COCc1nc(NN)cc(Oc2ccc(Cl)cc2C)n1. The number of nitrogens with one attached hydrogen (secondary N) is 1. The van der Waals surface area contributed by atoms with Gasteiger partial charge in [0.25, 0.3) is 0 Å². The fourth-order valence-electron chi connectivity index (χ4n) is 1.63. The molecule has 0 aliphatic rings. The van der Waals surface area contributed by atoms with Gasteiger partial charge in [0.1, 0.15) is 18.2 Å². The van der Waals surface area contributed by atoms with Gasteiger partial charge in [-0.2, -0.15) is 4.98 Å². The lowest BCUT2D eigenvalue weighted by atomic mass is 10.2. The molecule has 20 heavy (non-hydrogen) atoms. The Morgan fingerprint density at radius 2 is 2.10 bits per heavy atom. The number of nitrogen functional groups attached to an aromatic ring is 1. The smallest absolute Gasteiger partial charge is 0.224 e. The number of benzene rings is 1. The van der Waals surface area contributed by atoms with Crippen LogP contribution in [0.5, 0.6) is 11.6 Å². The van der Waals surface area contributed by atoms with Gasteiger partial charge in [0.2, 0.25) is 5.88 Å². The third-order valence-electron chi connectivity index (χ3n) is 2.52. The molecular weight excluding hydrogens is 280 g/mol. The van der Waals surface area contributed by atoms with E-state index in [4.69, 9.17) is 26.9 Å². The number of nitrogens with zero attached hydrogens (tertiary/aromatic N) is 2. The van der Waals surface area contributed by atoms with E-state index in [1.165, 1.54) is 0 Å². The number of aryl methyl sites for hydroxylation is 1. The van der Waals surface area contributed by atoms with Crippen LogP contribution in [0.15, 0.2) is 24.3 Å². The van der Waals surface area contributed by atoms with E-state index in [1.54, 1.807) is 25.3 Å². The predicted molar refractivity (Wildman–Crippen MR) is 76.8 cm³/mol. The van der Waals surface area contributed by atoms with Crippen molar-refractivity contribution in [3.63, 3.8) is 0 Å². The normalized spacial score (nSPS) is 10.4. The summed E-state index contributed by atoms with van der Waals surface area (Å²) < 4.78 is 10.7. The minimum atomic E-state index is 0.269. The van der Waals surface area contributed by atoms with Gasteiger partial charge in [0.05, 0.1) is 0 Å². The molecule has 1 aromatic carbocycles. The summed E-state index contributed by atoms with van der Waals surface area (Å²) in [5.74, 6) is 7.35. The summed E-state index contributed by atoms with van der Waals surface area (Å²) in [6, 6.07) is 6.96. The molecule has 0 bridgehead atoms. The van der Waals surface area contributed by atoms with Crippen LogP contribution in [-0.2, 0) is 11.3 Å². The van der Waals surface area contributed by atoms with Crippen LogP contribution in [0.1, 0.15) is 11.4 Å². The maximum Gasteiger partial charge on any atom is 0.224 e. The van der Waals surface area contributed by atoms with Crippen molar-refractivity contribution in [2.75, 3.05) is 12.5 Å². The number of hydrogen-bond donors (Lipinski definition) is 2. The number of aromatic nitrogens is 2. The van der Waals surface area contributed by atoms with Gasteiger partial charge in [-0.1, -0.05) is 11.6 Å². The number of ether oxygens (including phenoxy) is 2. The second-order valence-electron chi connectivity index (χ2n) is 4.10. The molecule has 1 heterocycles. The number of hydrazine groups is 1. The quantitative estimate of drug-likeness (QED) is 0.652. The second kappa shape index (κ2) is 6.51. The summed E-state index contributed by atoms with van der Waals surface area (Å²) in [5, 5.41) is 0.655.